The lowest BCUT2D eigenvalue weighted by Crippen LogP contribution is -1.59. The first-order valence-corrected chi connectivity index (χ1v) is 2.39. The summed E-state index contributed by atoms with van der Waals surface area (Å²) in [5.74, 6) is 0. The molecule has 0 radical (unpaired) electrons. The number of hydrogen-bond donors (Lipinski definition) is 0. The van der Waals surface area contributed by atoms with Crippen LogP contribution < -0.4 is 0 Å². The molecule has 0 saturated heterocycles. The van der Waals surface area contributed by atoms with E-state index in [0.717, 1.165) is 0 Å². The lowest BCUT2D eigenvalue weighted by atomic mass is 11.0. The molecule has 1 aromatic rings. The van der Waals surface area contributed by atoms with Crippen molar-refractivity contribution in [2.45, 2.75) is 0 Å². The highest BCUT2D eigenvalue weighted by Crippen LogP contribution is 2.13. The van der Waals surface area contributed by atoms with E-state index in [9.17, 15) is 4.79 Å². The van der Waals surface area contributed by atoms with E-state index >= 15 is 0 Å². The van der Waals surface area contributed by atoms with Crippen LogP contribution in [0.25, 0.3) is 0 Å². The Bertz CT molecular complexity index is 251. The molecule has 0 atom stereocenters. The maximum atomic E-state index is 9.55. The van der Waals surface area contributed by atoms with Gasteiger partial charge in [-0.2, -0.15) is 4.98 Å². The van der Waals surface area contributed by atoms with Gasteiger partial charge in [0.05, 0.1) is 0 Å². The van der Waals surface area contributed by atoms with Crippen LogP contribution in [-0.2, 0) is 4.79 Å². The van der Waals surface area contributed by atoms with E-state index < -0.39 is 0 Å². The topological polar surface area (TPSA) is 55.5 Å². The van der Waals surface area contributed by atoms with E-state index in [-0.39, 0.29) is 11.2 Å². The highest BCUT2D eigenvalue weighted by molar-refractivity contribution is 6.29. The molecule has 5 heteroatoms. The van der Waals surface area contributed by atoms with Crippen molar-refractivity contribution in [2.75, 3.05) is 0 Å². The Morgan fingerprint density at radius 2 is 2.67 bits per heavy atom. The number of oxazole rings is 1. The van der Waals surface area contributed by atoms with Crippen molar-refractivity contribution < 1.29 is 9.21 Å². The van der Waals surface area contributed by atoms with Gasteiger partial charge >= 0.3 is 6.01 Å². The van der Waals surface area contributed by atoms with Gasteiger partial charge in [0.25, 0.3) is 0 Å². The summed E-state index contributed by atoms with van der Waals surface area (Å²) < 4.78 is 4.53. The van der Waals surface area contributed by atoms with Crippen LogP contribution in [0.5, 0.6) is 0 Å². The molecule has 9 heavy (non-hydrogen) atoms. The molecule has 46 valence electrons. The minimum Gasteiger partial charge on any atom is -0.428 e. The number of isocyanates is 1. The Balaban J connectivity index is 2.97. The monoisotopic (exact) mass is 144 g/mol. The molecule has 0 aromatic carbocycles. The number of nitrogens with zero attached hydrogens (tertiary/aromatic N) is 2. The standard InChI is InChI=1S/C4HClN2O2/c5-3-1-9-4(7-3)6-2-8/h1H. The van der Waals surface area contributed by atoms with Crippen LogP contribution in [0.4, 0.5) is 6.01 Å². The van der Waals surface area contributed by atoms with Crippen LogP contribution in [0.15, 0.2) is 15.7 Å². The summed E-state index contributed by atoms with van der Waals surface area (Å²) in [7, 11) is 0. The third-order valence-electron chi connectivity index (χ3n) is 0.605. The lowest BCUT2D eigenvalue weighted by molar-refractivity contribution is 0.551. The molecule has 0 aliphatic carbocycles. The second-order valence-electron chi connectivity index (χ2n) is 1.16. The molecule has 0 N–H and O–H groups in total. The van der Waals surface area contributed by atoms with Gasteiger partial charge in [-0.15, -0.1) is 4.99 Å². The molecular weight excluding hydrogens is 144 g/mol. The SMILES string of the molecule is O=C=Nc1nc(Cl)co1. The van der Waals surface area contributed by atoms with Crippen LogP contribution >= 0.6 is 11.6 Å². The van der Waals surface area contributed by atoms with Gasteiger partial charge in [-0.05, 0) is 0 Å². The summed E-state index contributed by atoms with van der Waals surface area (Å²) in [6.07, 6.45) is 2.44. The van der Waals surface area contributed by atoms with Crippen LogP contribution in [0, 0.1) is 0 Å². The second-order valence-corrected chi connectivity index (χ2v) is 1.54. The Morgan fingerprint density at radius 3 is 3.11 bits per heavy atom. The third-order valence-corrected chi connectivity index (χ3v) is 0.779. The molecule has 0 saturated carbocycles. The number of aromatic nitrogens is 1. The van der Waals surface area contributed by atoms with Gasteiger partial charge < -0.3 is 4.42 Å². The zero-order valence-electron chi connectivity index (χ0n) is 4.17. The van der Waals surface area contributed by atoms with Crippen LogP contribution in [0.3, 0.4) is 0 Å². The fourth-order valence-corrected chi connectivity index (χ4v) is 0.453. The first-order valence-electron chi connectivity index (χ1n) is 2.02. The van der Waals surface area contributed by atoms with Gasteiger partial charge in [-0.3, -0.25) is 0 Å². The Morgan fingerprint density at radius 1 is 1.89 bits per heavy atom. The molecule has 0 aliphatic heterocycles. The summed E-state index contributed by atoms with van der Waals surface area (Å²) in [6.45, 7) is 0. The van der Waals surface area contributed by atoms with Crippen molar-refractivity contribution >= 4 is 23.7 Å². The number of carbonyl (C=O) groups excluding carboxylic acids is 1. The average Bonchev–Trinajstić information content (AvgIpc) is 2.17. The van der Waals surface area contributed by atoms with E-state index in [0.29, 0.717) is 0 Å². The Labute approximate surface area is 55.2 Å². The van der Waals surface area contributed by atoms with Gasteiger partial charge in [0, 0.05) is 0 Å². The highest BCUT2D eigenvalue weighted by atomic mass is 35.5. The summed E-state index contributed by atoms with van der Waals surface area (Å²) in [4.78, 5) is 16.1. The van der Waals surface area contributed by atoms with Crippen LogP contribution in [-0.4, -0.2) is 11.1 Å². The minimum atomic E-state index is -0.0741. The summed E-state index contributed by atoms with van der Waals surface area (Å²) in [5, 5.41) is 0.170. The number of halogens is 1. The van der Waals surface area contributed by atoms with Gasteiger partial charge in [-0.25, -0.2) is 4.79 Å². The molecule has 0 unspecified atom stereocenters. The highest BCUT2D eigenvalue weighted by Gasteiger charge is 1.96. The fourth-order valence-electron chi connectivity index (χ4n) is 0.336. The van der Waals surface area contributed by atoms with Crippen molar-refractivity contribution in [1.82, 2.24) is 4.98 Å². The van der Waals surface area contributed by atoms with Gasteiger partial charge in [0.1, 0.15) is 6.26 Å². The average molecular weight is 145 g/mol. The van der Waals surface area contributed by atoms with Crippen molar-refractivity contribution in [3.63, 3.8) is 0 Å². The van der Waals surface area contributed by atoms with Crippen molar-refractivity contribution in [3.8, 4) is 0 Å². The zero-order chi connectivity index (χ0) is 6.69. The molecule has 0 amide bonds. The Kier molecular flexibility index (Phi) is 1.63. The molecule has 0 spiro atoms. The molecule has 1 aromatic heterocycles. The quantitative estimate of drug-likeness (QED) is 0.441. The summed E-state index contributed by atoms with van der Waals surface area (Å²) in [6, 6.07) is -0.0741. The van der Waals surface area contributed by atoms with Gasteiger partial charge in [-0.1, -0.05) is 11.6 Å². The predicted molar refractivity (Wildman–Crippen MR) is 29.3 cm³/mol. The van der Waals surface area contributed by atoms with E-state index in [1.807, 2.05) is 0 Å². The molecular formula is C4HClN2O2. The lowest BCUT2D eigenvalue weighted by Gasteiger charge is -1.69. The smallest absolute Gasteiger partial charge is 0.334 e. The first-order chi connectivity index (χ1) is 4.33. The molecule has 4 nitrogen and oxygen atoms in total. The first kappa shape index (κ1) is 6.01. The number of rotatable bonds is 1. The van der Waals surface area contributed by atoms with Crippen LogP contribution in [0.1, 0.15) is 0 Å². The molecule has 1 heterocycles. The maximum Gasteiger partial charge on any atom is 0.334 e. The van der Waals surface area contributed by atoms with Crippen molar-refractivity contribution in [2.24, 2.45) is 4.99 Å². The third kappa shape index (κ3) is 1.38. The summed E-state index contributed by atoms with van der Waals surface area (Å²) in [5.41, 5.74) is 0. The summed E-state index contributed by atoms with van der Waals surface area (Å²) >= 11 is 5.30. The molecule has 0 fully saturated rings. The maximum absolute atomic E-state index is 9.55. The minimum absolute atomic E-state index is 0.0741. The zero-order valence-corrected chi connectivity index (χ0v) is 4.92. The van der Waals surface area contributed by atoms with E-state index in [4.69, 9.17) is 11.6 Å². The largest absolute Gasteiger partial charge is 0.428 e. The Hall–Kier alpha value is -1.12. The van der Waals surface area contributed by atoms with Crippen molar-refractivity contribution in [3.05, 3.63) is 11.4 Å². The van der Waals surface area contributed by atoms with Gasteiger partial charge in [0.15, 0.2) is 5.15 Å². The van der Waals surface area contributed by atoms with E-state index in [1.165, 1.54) is 12.3 Å². The second kappa shape index (κ2) is 2.44. The van der Waals surface area contributed by atoms with E-state index in [2.05, 4.69) is 14.4 Å². The normalized spacial score (nSPS) is 8.56. The van der Waals surface area contributed by atoms with E-state index in [1.54, 1.807) is 0 Å². The van der Waals surface area contributed by atoms with Crippen LogP contribution in [0.2, 0.25) is 5.15 Å². The molecule has 0 aliphatic rings. The molecule has 0 bridgehead atoms. The number of hydrogen-bond acceptors (Lipinski definition) is 4. The predicted octanol–water partition coefficient (Wildman–Crippen LogP) is 1.30. The van der Waals surface area contributed by atoms with Crippen molar-refractivity contribution in [1.29, 1.82) is 0 Å². The number of aliphatic imine (C=N–C) groups is 1. The van der Waals surface area contributed by atoms with Gasteiger partial charge in [0.2, 0.25) is 6.08 Å². The fraction of sp³-hybridized carbons (Fsp3) is 0. The molecule has 1 rings (SSSR count).